The van der Waals surface area contributed by atoms with Gasteiger partial charge in [0.05, 0.1) is 12.2 Å². The molecule has 0 unspecified atom stereocenters. The van der Waals surface area contributed by atoms with Gasteiger partial charge in [-0.3, -0.25) is 9.10 Å². The van der Waals surface area contributed by atoms with E-state index in [0.29, 0.717) is 16.3 Å². The largest absolute Gasteiger partial charge is 0.360 e. The predicted molar refractivity (Wildman–Crippen MR) is 108 cm³/mol. The Morgan fingerprint density at radius 1 is 1.04 bits per heavy atom. The van der Waals surface area contributed by atoms with E-state index in [4.69, 9.17) is 0 Å². The molecule has 8 heteroatoms. The van der Waals surface area contributed by atoms with Gasteiger partial charge in [-0.25, -0.2) is 12.8 Å². The number of nitrogens with zero attached hydrogens (tertiary/aromatic N) is 1. The van der Waals surface area contributed by atoms with E-state index in [1.165, 1.54) is 46.1 Å². The van der Waals surface area contributed by atoms with E-state index in [2.05, 4.69) is 5.32 Å². The van der Waals surface area contributed by atoms with Gasteiger partial charge in [-0.15, -0.1) is 11.3 Å². The van der Waals surface area contributed by atoms with E-state index in [1.807, 2.05) is 30.3 Å². The minimum atomic E-state index is -4.06. The fourth-order valence-corrected chi connectivity index (χ4v) is 5.38. The summed E-state index contributed by atoms with van der Waals surface area (Å²) in [6.07, 6.45) is 1.17. The van der Waals surface area contributed by atoms with Crippen LogP contribution in [0.1, 0.15) is 15.2 Å². The molecule has 0 fully saturated rings. The lowest BCUT2D eigenvalue weighted by Crippen LogP contribution is -2.38. The average Bonchev–Trinajstić information content (AvgIpc) is 3.17. The maximum absolute atomic E-state index is 13.2. The summed E-state index contributed by atoms with van der Waals surface area (Å²) >= 11 is 1.20. The third-order valence-corrected chi connectivity index (χ3v) is 6.96. The van der Waals surface area contributed by atoms with Gasteiger partial charge in [0.2, 0.25) is 5.78 Å². The Balaban J connectivity index is 1.74. The molecule has 1 N–H and O–H groups in total. The van der Waals surface area contributed by atoms with Crippen LogP contribution in [0.5, 0.6) is 0 Å². The highest BCUT2D eigenvalue weighted by atomic mass is 32.2. The lowest BCUT2D eigenvalue weighted by Gasteiger charge is -2.29. The fraction of sp³-hybridized carbons (Fsp3) is 0.0500. The summed E-state index contributed by atoms with van der Waals surface area (Å²) < 4.78 is 40.7. The molecule has 0 aliphatic carbocycles. The normalized spacial score (nSPS) is 16.8. The van der Waals surface area contributed by atoms with Gasteiger partial charge in [-0.05, 0) is 41.3 Å². The lowest BCUT2D eigenvalue weighted by molar-refractivity contribution is 0.104. The molecule has 0 saturated carbocycles. The van der Waals surface area contributed by atoms with E-state index < -0.39 is 21.6 Å². The highest BCUT2D eigenvalue weighted by Crippen LogP contribution is 2.39. The number of benzene rings is 2. The zero-order valence-corrected chi connectivity index (χ0v) is 16.1. The topological polar surface area (TPSA) is 66.5 Å². The van der Waals surface area contributed by atoms with E-state index in [1.54, 1.807) is 11.4 Å². The lowest BCUT2D eigenvalue weighted by atomic mass is 10.2. The molecule has 0 atom stereocenters. The van der Waals surface area contributed by atoms with E-state index in [9.17, 15) is 17.6 Å². The number of sulfonamides is 1. The number of anilines is 2. The summed E-state index contributed by atoms with van der Waals surface area (Å²) in [5, 5.41) is 4.49. The van der Waals surface area contributed by atoms with Gasteiger partial charge in [-0.2, -0.15) is 0 Å². The maximum atomic E-state index is 13.2. The molecule has 1 aliphatic heterocycles. The number of ketones is 1. The molecule has 0 radical (unpaired) electrons. The number of carbonyl (C=O) groups excluding carboxylic acids is 1. The van der Waals surface area contributed by atoms with Crippen LogP contribution in [-0.2, 0) is 16.6 Å². The number of carbonyl (C=O) groups is 1. The molecule has 0 saturated heterocycles. The number of hydrogen-bond donors (Lipinski definition) is 1. The standard InChI is InChI=1S/C20H15FN2O3S2/c21-15-6-8-16(9-7-15)22-12-18-19(24)20-17(10-11-27-20)23(28(18,25)26)13-14-4-2-1-3-5-14/h1-12,22H,13H2/b18-12-. The van der Waals surface area contributed by atoms with Crippen LogP contribution in [0.15, 0.2) is 77.1 Å². The minimum Gasteiger partial charge on any atom is -0.360 e. The van der Waals surface area contributed by atoms with E-state index >= 15 is 0 Å². The van der Waals surface area contributed by atoms with Crippen LogP contribution in [0.4, 0.5) is 15.8 Å². The first-order chi connectivity index (χ1) is 13.5. The molecule has 2 aromatic carbocycles. The summed E-state index contributed by atoms with van der Waals surface area (Å²) in [6, 6.07) is 16.2. The number of allylic oxidation sites excluding steroid dienone is 1. The zero-order valence-electron chi connectivity index (χ0n) is 14.5. The Hall–Kier alpha value is -2.97. The monoisotopic (exact) mass is 414 g/mol. The number of halogens is 1. The molecular formula is C20H15FN2O3S2. The van der Waals surface area contributed by atoms with Crippen LogP contribution >= 0.6 is 11.3 Å². The predicted octanol–water partition coefficient (Wildman–Crippen LogP) is 4.37. The number of thiophene rings is 1. The smallest absolute Gasteiger partial charge is 0.270 e. The third kappa shape index (κ3) is 3.32. The number of hydrogen-bond acceptors (Lipinski definition) is 5. The highest BCUT2D eigenvalue weighted by molar-refractivity contribution is 7.97. The molecule has 4 rings (SSSR count). The van der Waals surface area contributed by atoms with Gasteiger partial charge >= 0.3 is 0 Å². The molecule has 3 aromatic rings. The molecule has 28 heavy (non-hydrogen) atoms. The summed E-state index contributed by atoms with van der Waals surface area (Å²) in [7, 11) is -4.06. The fourth-order valence-electron chi connectivity index (χ4n) is 2.90. The quantitative estimate of drug-likeness (QED) is 0.644. The Morgan fingerprint density at radius 2 is 1.75 bits per heavy atom. The Labute approximate surface area is 165 Å². The van der Waals surface area contributed by atoms with Crippen molar-refractivity contribution in [2.45, 2.75) is 6.54 Å². The van der Waals surface area contributed by atoms with Crippen LogP contribution in [0, 0.1) is 5.82 Å². The van der Waals surface area contributed by atoms with Crippen molar-refractivity contribution in [1.29, 1.82) is 0 Å². The van der Waals surface area contributed by atoms with Crippen molar-refractivity contribution in [2.24, 2.45) is 0 Å². The van der Waals surface area contributed by atoms with Crippen LogP contribution in [0.25, 0.3) is 0 Å². The molecular weight excluding hydrogens is 399 g/mol. The van der Waals surface area contributed by atoms with Crippen LogP contribution in [0.2, 0.25) is 0 Å². The second-order valence-electron chi connectivity index (χ2n) is 6.12. The summed E-state index contributed by atoms with van der Waals surface area (Å²) in [4.78, 5) is 12.8. The molecule has 0 bridgehead atoms. The van der Waals surface area contributed by atoms with Gasteiger partial charge in [0.15, 0.2) is 4.91 Å². The first kappa shape index (κ1) is 18.4. The molecule has 2 heterocycles. The van der Waals surface area contributed by atoms with Crippen molar-refractivity contribution in [1.82, 2.24) is 0 Å². The molecule has 5 nitrogen and oxygen atoms in total. The number of fused-ring (bicyclic) bond motifs is 1. The van der Waals surface area contributed by atoms with Crippen molar-refractivity contribution in [3.8, 4) is 0 Å². The third-order valence-electron chi connectivity index (χ3n) is 4.29. The van der Waals surface area contributed by atoms with Gasteiger partial charge < -0.3 is 5.32 Å². The number of nitrogens with one attached hydrogen (secondary N) is 1. The number of rotatable bonds is 4. The minimum absolute atomic E-state index is 0.119. The first-order valence-corrected chi connectivity index (χ1v) is 10.7. The van der Waals surface area contributed by atoms with E-state index in [-0.39, 0.29) is 11.4 Å². The second-order valence-corrected chi connectivity index (χ2v) is 8.87. The molecule has 142 valence electrons. The number of Topliss-reactive ketones (excluding diaryl/α,β-unsaturated/α-hetero) is 1. The second kappa shape index (κ2) is 7.21. The van der Waals surface area contributed by atoms with Crippen molar-refractivity contribution in [3.63, 3.8) is 0 Å². The summed E-state index contributed by atoms with van der Waals surface area (Å²) in [5.74, 6) is -0.958. The first-order valence-electron chi connectivity index (χ1n) is 8.38. The summed E-state index contributed by atoms with van der Waals surface area (Å²) in [6.45, 7) is 0.119. The van der Waals surface area contributed by atoms with Crippen molar-refractivity contribution in [3.05, 3.63) is 93.4 Å². The molecule has 1 aliphatic rings. The van der Waals surface area contributed by atoms with Crippen LogP contribution in [0.3, 0.4) is 0 Å². The zero-order chi connectivity index (χ0) is 19.7. The van der Waals surface area contributed by atoms with Crippen molar-refractivity contribution in [2.75, 3.05) is 9.62 Å². The van der Waals surface area contributed by atoms with Gasteiger partial charge in [0, 0.05) is 11.9 Å². The summed E-state index contributed by atoms with van der Waals surface area (Å²) in [5.41, 5.74) is 1.67. The van der Waals surface area contributed by atoms with Crippen molar-refractivity contribution >= 4 is 38.5 Å². The average molecular weight is 414 g/mol. The maximum Gasteiger partial charge on any atom is 0.270 e. The highest BCUT2D eigenvalue weighted by Gasteiger charge is 2.41. The van der Waals surface area contributed by atoms with Gasteiger partial charge in [0.1, 0.15) is 10.7 Å². The van der Waals surface area contributed by atoms with Gasteiger partial charge in [0.25, 0.3) is 10.0 Å². The molecule has 0 amide bonds. The SMILES string of the molecule is O=C1/C(=C/Nc2ccc(F)cc2)S(=O)(=O)N(Cc2ccccc2)c2ccsc21. The van der Waals surface area contributed by atoms with Crippen LogP contribution in [-0.4, -0.2) is 14.2 Å². The Bertz CT molecular complexity index is 1150. The molecule has 0 spiro atoms. The van der Waals surface area contributed by atoms with Crippen molar-refractivity contribution < 1.29 is 17.6 Å². The Morgan fingerprint density at radius 3 is 2.46 bits per heavy atom. The molecule has 1 aromatic heterocycles. The van der Waals surface area contributed by atoms with E-state index in [0.717, 1.165) is 5.56 Å². The van der Waals surface area contributed by atoms with Crippen LogP contribution < -0.4 is 9.62 Å². The van der Waals surface area contributed by atoms with Gasteiger partial charge in [-0.1, -0.05) is 30.3 Å². The Kier molecular flexibility index (Phi) is 4.74.